The molecule has 1 aliphatic rings. The number of fused-ring (bicyclic) bond motifs is 1. The smallest absolute Gasteiger partial charge is 0.262 e. The van der Waals surface area contributed by atoms with Gasteiger partial charge in [-0.3, -0.25) is 14.2 Å². The van der Waals surface area contributed by atoms with Crippen molar-refractivity contribution in [1.29, 1.82) is 0 Å². The lowest BCUT2D eigenvalue weighted by Crippen LogP contribution is -2.32. The van der Waals surface area contributed by atoms with Crippen LogP contribution in [0.3, 0.4) is 0 Å². The summed E-state index contributed by atoms with van der Waals surface area (Å²) in [7, 11) is 0. The number of amides is 1. The molecule has 0 spiro atoms. The Balaban J connectivity index is 1.56. The quantitative estimate of drug-likeness (QED) is 0.348. The Labute approximate surface area is 171 Å². The Morgan fingerprint density at radius 2 is 2.18 bits per heavy atom. The first-order valence-electron chi connectivity index (χ1n) is 9.25. The van der Waals surface area contributed by atoms with E-state index >= 15 is 0 Å². The highest BCUT2D eigenvalue weighted by molar-refractivity contribution is 7.99. The zero-order chi connectivity index (χ0) is 19.5. The number of hydrogen-bond donors (Lipinski definition) is 0. The van der Waals surface area contributed by atoms with Crippen molar-refractivity contribution >= 4 is 39.9 Å². The average molecular weight is 412 g/mol. The van der Waals surface area contributed by atoms with Crippen LogP contribution in [0.2, 0.25) is 0 Å². The molecular formula is C21H21N3O2S2. The first kappa shape index (κ1) is 19.0. The van der Waals surface area contributed by atoms with Crippen molar-refractivity contribution in [2.24, 2.45) is 0 Å². The lowest BCUT2D eigenvalue weighted by molar-refractivity contribution is -0.129. The Hall–Kier alpha value is -2.38. The van der Waals surface area contributed by atoms with Crippen LogP contribution in [0.4, 0.5) is 0 Å². The van der Waals surface area contributed by atoms with E-state index in [-0.39, 0.29) is 23.3 Å². The van der Waals surface area contributed by atoms with E-state index in [4.69, 9.17) is 0 Å². The van der Waals surface area contributed by atoms with Crippen molar-refractivity contribution in [1.82, 2.24) is 14.5 Å². The maximum absolute atomic E-state index is 12.9. The molecule has 1 saturated heterocycles. The molecule has 0 N–H and O–H groups in total. The molecule has 1 aliphatic heterocycles. The van der Waals surface area contributed by atoms with Crippen molar-refractivity contribution in [2.45, 2.75) is 30.6 Å². The van der Waals surface area contributed by atoms with E-state index in [9.17, 15) is 9.59 Å². The van der Waals surface area contributed by atoms with Gasteiger partial charge in [0.15, 0.2) is 5.16 Å². The molecule has 2 aromatic heterocycles. The van der Waals surface area contributed by atoms with E-state index < -0.39 is 0 Å². The highest BCUT2D eigenvalue weighted by Crippen LogP contribution is 2.35. The summed E-state index contributed by atoms with van der Waals surface area (Å²) in [5.41, 5.74) is 0.554. The van der Waals surface area contributed by atoms with Crippen molar-refractivity contribution in [3.8, 4) is 0 Å². The number of benzene rings is 1. The number of rotatable bonds is 6. The van der Waals surface area contributed by atoms with Gasteiger partial charge in [-0.25, -0.2) is 4.98 Å². The van der Waals surface area contributed by atoms with Gasteiger partial charge in [0.2, 0.25) is 5.91 Å². The van der Waals surface area contributed by atoms with Gasteiger partial charge in [-0.1, -0.05) is 36.0 Å². The van der Waals surface area contributed by atoms with Crippen LogP contribution in [0.5, 0.6) is 0 Å². The highest BCUT2D eigenvalue weighted by atomic mass is 32.2. The van der Waals surface area contributed by atoms with E-state index in [2.05, 4.69) is 23.0 Å². The van der Waals surface area contributed by atoms with Gasteiger partial charge in [-0.15, -0.1) is 17.9 Å². The number of allylic oxidation sites excluding steroid dienone is 1. The predicted molar refractivity (Wildman–Crippen MR) is 115 cm³/mol. The van der Waals surface area contributed by atoms with Gasteiger partial charge < -0.3 is 4.90 Å². The molecule has 1 aromatic carbocycles. The SMILES string of the molecule is C=CCn1c(SCC(=O)N2CCCC2c2cccs2)nc2ccccc2c1=O. The molecule has 144 valence electrons. The Bertz CT molecular complexity index is 1060. The average Bonchev–Trinajstić information content (AvgIpc) is 3.40. The van der Waals surface area contributed by atoms with Crippen LogP contribution in [-0.4, -0.2) is 32.7 Å². The number of hydrogen-bond acceptors (Lipinski definition) is 5. The van der Waals surface area contributed by atoms with E-state index in [1.54, 1.807) is 28.0 Å². The minimum atomic E-state index is -0.0990. The Kier molecular flexibility index (Phi) is 5.64. The summed E-state index contributed by atoms with van der Waals surface area (Å²) in [6, 6.07) is 11.6. The highest BCUT2D eigenvalue weighted by Gasteiger charge is 2.30. The van der Waals surface area contributed by atoms with E-state index in [1.807, 2.05) is 29.2 Å². The fourth-order valence-electron chi connectivity index (χ4n) is 3.60. The molecule has 7 heteroatoms. The molecule has 0 bridgehead atoms. The number of nitrogens with zero attached hydrogens (tertiary/aromatic N) is 3. The lowest BCUT2D eigenvalue weighted by atomic mass is 10.2. The molecule has 0 aliphatic carbocycles. The minimum absolute atomic E-state index is 0.0912. The Morgan fingerprint density at radius 1 is 1.32 bits per heavy atom. The van der Waals surface area contributed by atoms with Gasteiger partial charge in [0.1, 0.15) is 0 Å². The Morgan fingerprint density at radius 3 is 2.96 bits per heavy atom. The van der Waals surface area contributed by atoms with Crippen molar-refractivity contribution in [3.63, 3.8) is 0 Å². The van der Waals surface area contributed by atoms with Crippen molar-refractivity contribution in [2.75, 3.05) is 12.3 Å². The number of carbonyl (C=O) groups excluding carboxylic acids is 1. The molecule has 0 saturated carbocycles. The van der Waals surface area contributed by atoms with Crippen LogP contribution in [-0.2, 0) is 11.3 Å². The van der Waals surface area contributed by atoms with Gasteiger partial charge in [0.25, 0.3) is 5.56 Å². The summed E-state index contributed by atoms with van der Waals surface area (Å²) in [6.45, 7) is 4.90. The third-order valence-electron chi connectivity index (χ3n) is 4.91. The zero-order valence-corrected chi connectivity index (χ0v) is 17.0. The van der Waals surface area contributed by atoms with Gasteiger partial charge in [0.05, 0.1) is 22.7 Å². The first-order chi connectivity index (χ1) is 13.7. The largest absolute Gasteiger partial charge is 0.334 e. The summed E-state index contributed by atoms with van der Waals surface area (Å²) in [4.78, 5) is 33.6. The fraction of sp³-hybridized carbons (Fsp3) is 0.286. The normalized spacial score (nSPS) is 16.6. The molecule has 1 fully saturated rings. The number of likely N-dealkylation sites (tertiary alicyclic amines) is 1. The maximum atomic E-state index is 12.9. The summed E-state index contributed by atoms with van der Waals surface area (Å²) < 4.78 is 1.59. The molecule has 1 amide bonds. The van der Waals surface area contributed by atoms with Gasteiger partial charge >= 0.3 is 0 Å². The number of aromatic nitrogens is 2. The third kappa shape index (κ3) is 3.64. The van der Waals surface area contributed by atoms with Crippen LogP contribution in [0.25, 0.3) is 10.9 Å². The molecule has 28 heavy (non-hydrogen) atoms. The molecule has 1 unspecified atom stereocenters. The standard InChI is InChI=1S/C21H21N3O2S2/c1-2-11-24-20(26)15-7-3-4-8-16(15)22-21(24)28-14-19(25)23-12-5-9-17(23)18-10-6-13-27-18/h2-4,6-8,10,13,17H,1,5,9,11-12,14H2. The van der Waals surface area contributed by atoms with E-state index in [0.717, 1.165) is 19.4 Å². The van der Waals surface area contributed by atoms with Crippen LogP contribution in [0, 0.1) is 0 Å². The van der Waals surface area contributed by atoms with Crippen LogP contribution < -0.4 is 5.56 Å². The second-order valence-electron chi connectivity index (χ2n) is 6.67. The van der Waals surface area contributed by atoms with Crippen molar-refractivity contribution < 1.29 is 4.79 Å². The van der Waals surface area contributed by atoms with E-state index in [1.165, 1.54) is 16.6 Å². The summed E-state index contributed by atoms with van der Waals surface area (Å²) in [6.07, 6.45) is 3.71. The molecule has 1 atom stereocenters. The fourth-order valence-corrected chi connectivity index (χ4v) is 5.37. The first-order valence-corrected chi connectivity index (χ1v) is 11.1. The van der Waals surface area contributed by atoms with Gasteiger partial charge in [0, 0.05) is 18.0 Å². The molecule has 3 aromatic rings. The number of carbonyl (C=O) groups is 1. The second kappa shape index (κ2) is 8.32. The summed E-state index contributed by atoms with van der Waals surface area (Å²) in [5.74, 6) is 0.359. The molecule has 4 rings (SSSR count). The minimum Gasteiger partial charge on any atom is -0.334 e. The van der Waals surface area contributed by atoms with Crippen molar-refractivity contribution in [3.05, 3.63) is 69.7 Å². The monoisotopic (exact) mass is 411 g/mol. The number of para-hydroxylation sites is 1. The van der Waals surface area contributed by atoms with Gasteiger partial charge in [-0.05, 0) is 36.4 Å². The third-order valence-corrected chi connectivity index (χ3v) is 6.84. The topological polar surface area (TPSA) is 55.2 Å². The van der Waals surface area contributed by atoms with E-state index in [0.29, 0.717) is 22.6 Å². The lowest BCUT2D eigenvalue weighted by Gasteiger charge is -2.24. The number of thioether (sulfide) groups is 1. The molecule has 3 heterocycles. The summed E-state index contributed by atoms with van der Waals surface area (Å²) >= 11 is 3.03. The molecule has 0 radical (unpaired) electrons. The summed E-state index contributed by atoms with van der Waals surface area (Å²) in [5, 5.41) is 3.19. The molecular weight excluding hydrogens is 390 g/mol. The molecule has 5 nitrogen and oxygen atoms in total. The predicted octanol–water partition coefficient (Wildman–Crippen LogP) is 4.10. The maximum Gasteiger partial charge on any atom is 0.262 e. The van der Waals surface area contributed by atoms with Crippen LogP contribution in [0.15, 0.2) is 64.4 Å². The van der Waals surface area contributed by atoms with Crippen LogP contribution in [0.1, 0.15) is 23.8 Å². The zero-order valence-electron chi connectivity index (χ0n) is 15.4. The van der Waals surface area contributed by atoms with Gasteiger partial charge in [-0.2, -0.15) is 0 Å². The second-order valence-corrected chi connectivity index (χ2v) is 8.59. The number of thiophene rings is 1. The van der Waals surface area contributed by atoms with Crippen LogP contribution >= 0.6 is 23.1 Å².